The van der Waals surface area contributed by atoms with E-state index in [0.29, 0.717) is 35.1 Å². The molecule has 6 nitrogen and oxygen atoms in total. The molecule has 0 aromatic heterocycles. The van der Waals surface area contributed by atoms with Crippen LogP contribution in [0.5, 0.6) is 5.75 Å². The zero-order chi connectivity index (χ0) is 24.7. The van der Waals surface area contributed by atoms with E-state index in [-0.39, 0.29) is 33.3 Å². The average Bonchev–Trinajstić information content (AvgIpc) is 2.71. The van der Waals surface area contributed by atoms with Crippen molar-refractivity contribution < 1.29 is 25.6 Å². The van der Waals surface area contributed by atoms with E-state index >= 15 is 0 Å². The third-order valence-corrected chi connectivity index (χ3v) is 8.54. The van der Waals surface area contributed by atoms with Crippen LogP contribution in [0.1, 0.15) is 100.0 Å². The molecule has 0 fully saturated rings. The highest BCUT2D eigenvalue weighted by atomic mass is 32.2. The first-order valence-corrected chi connectivity index (χ1v) is 14.3. The van der Waals surface area contributed by atoms with Gasteiger partial charge in [0.2, 0.25) is 0 Å². The standard InChI is InChI=1S/C25H34O6S2/c1-15(2)18-13-21(16(3)4)25(22(14-18)17(5)6)33(29,30)31-23-11-12-24(32(26,27)28)20-10-8-7-9-19(20)23/h11-17H,7-10H2,1-6H3,(H,26,27,28)/p-1. The molecule has 0 atom stereocenters. The van der Waals surface area contributed by atoms with Gasteiger partial charge in [0, 0.05) is 5.56 Å². The van der Waals surface area contributed by atoms with Crippen molar-refractivity contribution >= 4 is 20.2 Å². The summed E-state index contributed by atoms with van der Waals surface area (Å²) in [5, 5.41) is 0. The second-order valence-corrected chi connectivity index (χ2v) is 12.5. The van der Waals surface area contributed by atoms with E-state index in [1.165, 1.54) is 12.1 Å². The maximum absolute atomic E-state index is 13.7. The quantitative estimate of drug-likeness (QED) is 0.367. The van der Waals surface area contributed by atoms with Gasteiger partial charge < -0.3 is 8.74 Å². The Morgan fingerprint density at radius 1 is 0.788 bits per heavy atom. The van der Waals surface area contributed by atoms with E-state index in [0.717, 1.165) is 18.4 Å². The zero-order valence-corrected chi connectivity index (χ0v) is 21.8. The van der Waals surface area contributed by atoms with Crippen LogP contribution in [0.2, 0.25) is 0 Å². The summed E-state index contributed by atoms with van der Waals surface area (Å²) in [5.74, 6) is 0.258. The number of hydrogen-bond acceptors (Lipinski definition) is 6. The van der Waals surface area contributed by atoms with E-state index in [1.807, 2.05) is 39.8 Å². The third-order valence-electron chi connectivity index (χ3n) is 6.25. The maximum Gasteiger partial charge on any atom is 0.339 e. The minimum absolute atomic E-state index is 0.0449. The molecule has 0 aliphatic heterocycles. The second kappa shape index (κ2) is 9.39. The summed E-state index contributed by atoms with van der Waals surface area (Å²) in [6, 6.07) is 6.37. The van der Waals surface area contributed by atoms with Crippen LogP contribution in [0.15, 0.2) is 34.1 Å². The van der Waals surface area contributed by atoms with Crippen molar-refractivity contribution in [3.05, 3.63) is 52.1 Å². The van der Waals surface area contributed by atoms with E-state index < -0.39 is 20.2 Å². The smallest absolute Gasteiger partial charge is 0.339 e. The first-order chi connectivity index (χ1) is 15.2. The molecule has 8 heteroatoms. The van der Waals surface area contributed by atoms with Gasteiger partial charge in [-0.1, -0.05) is 53.7 Å². The van der Waals surface area contributed by atoms with Crippen molar-refractivity contribution in [1.82, 2.24) is 0 Å². The van der Waals surface area contributed by atoms with Crippen molar-refractivity contribution in [3.8, 4) is 5.75 Å². The van der Waals surface area contributed by atoms with Gasteiger partial charge in [0.05, 0.1) is 4.90 Å². The lowest BCUT2D eigenvalue weighted by atomic mass is 9.89. The van der Waals surface area contributed by atoms with Crippen molar-refractivity contribution in [3.63, 3.8) is 0 Å². The maximum atomic E-state index is 13.7. The van der Waals surface area contributed by atoms with Crippen LogP contribution in [0.25, 0.3) is 0 Å². The highest BCUT2D eigenvalue weighted by molar-refractivity contribution is 7.87. The molecule has 0 unspecified atom stereocenters. The largest absolute Gasteiger partial charge is 0.744 e. The molecule has 2 aromatic carbocycles. The number of rotatable bonds is 7. The molecule has 0 radical (unpaired) electrons. The molecule has 0 saturated carbocycles. The Morgan fingerprint density at radius 2 is 1.30 bits per heavy atom. The van der Waals surface area contributed by atoms with Gasteiger partial charge in [0.1, 0.15) is 20.8 Å². The lowest BCUT2D eigenvalue weighted by molar-refractivity contribution is 0.459. The van der Waals surface area contributed by atoms with Crippen LogP contribution >= 0.6 is 0 Å². The topological polar surface area (TPSA) is 101 Å². The Kier molecular flexibility index (Phi) is 7.32. The molecular formula is C25H33O6S2-. The minimum Gasteiger partial charge on any atom is -0.744 e. The molecule has 0 N–H and O–H groups in total. The lowest BCUT2D eigenvalue weighted by Gasteiger charge is -2.25. The molecule has 2 aromatic rings. The van der Waals surface area contributed by atoms with Crippen LogP contribution in [0.3, 0.4) is 0 Å². The second-order valence-electron chi connectivity index (χ2n) is 9.71. The first-order valence-electron chi connectivity index (χ1n) is 11.5. The molecule has 1 aliphatic carbocycles. The van der Waals surface area contributed by atoms with Crippen molar-refractivity contribution in [2.24, 2.45) is 0 Å². The molecule has 3 rings (SSSR count). The van der Waals surface area contributed by atoms with Gasteiger partial charge in [-0.25, -0.2) is 8.42 Å². The third kappa shape index (κ3) is 5.28. The number of benzene rings is 2. The SMILES string of the molecule is CC(C)c1cc(C(C)C)c(S(=O)(=O)Oc2ccc(S(=O)(=O)[O-])c3c2CCCC3)c(C(C)C)c1. The molecule has 0 heterocycles. The molecule has 0 saturated heterocycles. The fourth-order valence-corrected chi connectivity index (χ4v) is 6.86. The fraction of sp³-hybridized carbons (Fsp3) is 0.520. The molecule has 1 aliphatic rings. The minimum atomic E-state index is -4.66. The summed E-state index contributed by atoms with van der Waals surface area (Å²) in [7, 11) is -8.88. The summed E-state index contributed by atoms with van der Waals surface area (Å²) >= 11 is 0. The predicted octanol–water partition coefficient (Wildman–Crippen LogP) is 5.61. The Morgan fingerprint density at radius 3 is 1.76 bits per heavy atom. The van der Waals surface area contributed by atoms with Crippen molar-refractivity contribution in [2.45, 2.75) is 94.8 Å². The van der Waals surface area contributed by atoms with Gasteiger partial charge >= 0.3 is 10.1 Å². The summed E-state index contributed by atoms with van der Waals surface area (Å²) in [4.78, 5) is -0.101. The fourth-order valence-electron chi connectivity index (χ4n) is 4.45. The lowest BCUT2D eigenvalue weighted by Crippen LogP contribution is -2.19. The monoisotopic (exact) mass is 493 g/mol. The highest BCUT2D eigenvalue weighted by Gasteiger charge is 2.30. The highest BCUT2D eigenvalue weighted by Crippen LogP contribution is 2.39. The summed E-state index contributed by atoms with van der Waals surface area (Å²) in [6.45, 7) is 12.0. The molecule has 33 heavy (non-hydrogen) atoms. The van der Waals surface area contributed by atoms with E-state index in [4.69, 9.17) is 4.18 Å². The predicted molar refractivity (Wildman–Crippen MR) is 128 cm³/mol. The molecule has 182 valence electrons. The van der Waals surface area contributed by atoms with Crippen LogP contribution in [0, 0.1) is 0 Å². The van der Waals surface area contributed by atoms with Gasteiger partial charge in [0.15, 0.2) is 0 Å². The average molecular weight is 494 g/mol. The van der Waals surface area contributed by atoms with Gasteiger partial charge in [-0.2, -0.15) is 8.42 Å². The van der Waals surface area contributed by atoms with Gasteiger partial charge in [-0.05, 0) is 77.8 Å². The van der Waals surface area contributed by atoms with E-state index in [1.54, 1.807) is 0 Å². The van der Waals surface area contributed by atoms with E-state index in [9.17, 15) is 21.4 Å². The van der Waals surface area contributed by atoms with Crippen molar-refractivity contribution in [1.29, 1.82) is 0 Å². The van der Waals surface area contributed by atoms with Gasteiger partial charge in [-0.3, -0.25) is 0 Å². The Bertz CT molecular complexity index is 1230. The van der Waals surface area contributed by atoms with Crippen LogP contribution < -0.4 is 4.18 Å². The Balaban J connectivity index is 2.21. The van der Waals surface area contributed by atoms with E-state index in [2.05, 4.69) is 13.8 Å². The molecule has 0 spiro atoms. The molecule has 0 bridgehead atoms. The first kappa shape index (κ1) is 25.7. The Hall–Kier alpha value is -1.90. The summed E-state index contributed by atoms with van der Waals surface area (Å²) < 4.78 is 68.3. The number of fused-ring (bicyclic) bond motifs is 1. The van der Waals surface area contributed by atoms with Crippen LogP contribution in [-0.2, 0) is 33.1 Å². The summed E-state index contributed by atoms with van der Waals surface area (Å²) in [5.41, 5.74) is 3.36. The van der Waals surface area contributed by atoms with Crippen LogP contribution in [-0.4, -0.2) is 21.4 Å². The van der Waals surface area contributed by atoms with Gasteiger partial charge in [-0.15, -0.1) is 0 Å². The van der Waals surface area contributed by atoms with Crippen molar-refractivity contribution in [2.75, 3.05) is 0 Å². The normalized spacial score (nSPS) is 14.7. The van der Waals surface area contributed by atoms with Crippen LogP contribution in [0.4, 0.5) is 0 Å². The molecule has 0 amide bonds. The molecular weight excluding hydrogens is 460 g/mol. The Labute approximate surface area is 198 Å². The van der Waals surface area contributed by atoms with Gasteiger partial charge in [0.25, 0.3) is 0 Å². The number of hydrogen-bond donors (Lipinski definition) is 0. The zero-order valence-electron chi connectivity index (χ0n) is 20.1. The summed E-state index contributed by atoms with van der Waals surface area (Å²) in [6.07, 6.45) is 2.37.